The molecule has 5 heterocycles. The number of pyridine rings is 1. The van der Waals surface area contributed by atoms with Gasteiger partial charge in [0, 0.05) is 37.3 Å². The maximum Gasteiger partial charge on any atom is 0.329 e. The number of rotatable bonds is 5. The smallest absolute Gasteiger partial charge is 0.321 e. The van der Waals surface area contributed by atoms with Gasteiger partial charge in [0.2, 0.25) is 11.8 Å². The van der Waals surface area contributed by atoms with E-state index in [1.54, 1.807) is 19.2 Å². The lowest BCUT2D eigenvalue weighted by Crippen LogP contribution is -2.44. The molecule has 12 nitrogen and oxygen atoms in total. The van der Waals surface area contributed by atoms with Crippen LogP contribution in [-0.4, -0.2) is 72.8 Å². The summed E-state index contributed by atoms with van der Waals surface area (Å²) in [7, 11) is 3.64. The number of para-hydroxylation sites is 2. The van der Waals surface area contributed by atoms with Crippen LogP contribution in [0.3, 0.4) is 0 Å². The van der Waals surface area contributed by atoms with E-state index in [1.165, 1.54) is 46.6 Å². The first kappa shape index (κ1) is 38.4. The maximum absolute atomic E-state index is 12.8. The second-order valence-corrected chi connectivity index (χ2v) is 14.0. The minimum absolute atomic E-state index is 0.0363. The quantitative estimate of drug-likeness (QED) is 0.196. The summed E-state index contributed by atoms with van der Waals surface area (Å²) in [6, 6.07) is 16.6. The minimum atomic E-state index is -2.71. The van der Waals surface area contributed by atoms with Crippen molar-refractivity contribution in [2.75, 3.05) is 25.5 Å². The Bertz CT molecular complexity index is 2170. The number of carbonyl (C=O) groups excluding carboxylic acids is 3. The highest BCUT2D eigenvalue weighted by Crippen LogP contribution is 2.30. The van der Waals surface area contributed by atoms with E-state index in [0.29, 0.717) is 30.2 Å². The molecular formula is C39H45F3N8O4. The van der Waals surface area contributed by atoms with Crippen LogP contribution in [0, 0.1) is 0 Å². The standard InChI is InChI=1S/C20H20F2N4O.C13H13N3O3.C6H12FN/c21-19(22)17-7-4-8-18(24-17)20(27)23-14-9-10-16-13(11-14)12-26(25-16)15-5-2-1-3-6-15;1-15-8-4-2-3-5-9(8)16(13(15)19)10-6-7-11(17)14-12(10)18;1-8-4-2-3-6(7)5-8/h4,7-12,15,19H,1-3,5-6H2,(H,23,27);2-5,10H,6-7H2,1H3,(H,14,17,18);6H,2-5H2,1H3. The number of likely N-dealkylation sites (tertiary alicyclic amines) is 1. The first-order chi connectivity index (χ1) is 26.0. The molecule has 2 saturated heterocycles. The Hall–Kier alpha value is -5.31. The molecule has 5 aromatic rings. The van der Waals surface area contributed by atoms with E-state index < -0.39 is 36.1 Å². The zero-order valence-corrected chi connectivity index (χ0v) is 30.4. The molecule has 3 fully saturated rings. The van der Waals surface area contributed by atoms with Crippen LogP contribution < -0.4 is 16.3 Å². The number of imidazole rings is 1. The zero-order chi connectivity index (χ0) is 38.4. The SMILES string of the molecule is CN1CCCC(F)C1.Cn1c(=O)n(C2CCC(=O)NC2=O)c2ccccc21.O=C(Nc1ccc2nn(C3CCCCC3)cc2c1)c1cccc(C(F)F)n1. The zero-order valence-electron chi connectivity index (χ0n) is 30.4. The summed E-state index contributed by atoms with van der Waals surface area (Å²) in [4.78, 5) is 53.5. The second kappa shape index (κ2) is 17.2. The summed E-state index contributed by atoms with van der Waals surface area (Å²) in [6.07, 6.45) is 7.18. The van der Waals surface area contributed by atoms with Crippen molar-refractivity contribution in [1.29, 1.82) is 0 Å². The monoisotopic (exact) mass is 746 g/mol. The molecule has 2 aliphatic heterocycles. The van der Waals surface area contributed by atoms with Crippen LogP contribution in [0.4, 0.5) is 18.9 Å². The minimum Gasteiger partial charge on any atom is -0.321 e. The van der Waals surface area contributed by atoms with Crippen molar-refractivity contribution in [3.63, 3.8) is 0 Å². The van der Waals surface area contributed by atoms with Gasteiger partial charge in [-0.3, -0.25) is 33.5 Å². The topological polar surface area (TPSA) is 136 Å². The van der Waals surface area contributed by atoms with Crippen molar-refractivity contribution in [2.24, 2.45) is 7.05 Å². The van der Waals surface area contributed by atoms with Crippen LogP contribution in [0.15, 0.2) is 71.7 Å². The van der Waals surface area contributed by atoms with Crippen molar-refractivity contribution < 1.29 is 27.6 Å². The molecule has 1 saturated carbocycles. The number of aryl methyl sites for hydroxylation is 1. The molecule has 8 rings (SSSR count). The molecule has 3 aromatic heterocycles. The Morgan fingerprint density at radius 2 is 1.67 bits per heavy atom. The third-order valence-corrected chi connectivity index (χ3v) is 10.0. The fourth-order valence-corrected chi connectivity index (χ4v) is 7.20. The highest BCUT2D eigenvalue weighted by atomic mass is 19.3. The number of alkyl halides is 3. The Balaban J connectivity index is 0.000000159. The van der Waals surface area contributed by atoms with Crippen molar-refractivity contribution in [1.82, 2.24) is 34.1 Å². The average Bonchev–Trinajstić information content (AvgIpc) is 3.70. The van der Waals surface area contributed by atoms with Crippen molar-refractivity contribution in [2.45, 2.75) is 82.5 Å². The van der Waals surface area contributed by atoms with Crippen LogP contribution in [0.5, 0.6) is 0 Å². The number of hydrogen-bond acceptors (Lipinski definition) is 7. The predicted molar refractivity (Wildman–Crippen MR) is 199 cm³/mol. The van der Waals surface area contributed by atoms with Gasteiger partial charge in [-0.1, -0.05) is 37.5 Å². The maximum atomic E-state index is 12.8. The van der Waals surface area contributed by atoms with E-state index in [9.17, 15) is 32.3 Å². The molecule has 3 amide bonds. The number of nitrogens with one attached hydrogen (secondary N) is 2. The molecule has 2 N–H and O–H groups in total. The lowest BCUT2D eigenvalue weighted by Gasteiger charge is -2.24. The Morgan fingerprint density at radius 3 is 2.35 bits per heavy atom. The van der Waals surface area contributed by atoms with E-state index >= 15 is 0 Å². The van der Waals surface area contributed by atoms with E-state index in [4.69, 9.17) is 0 Å². The fourth-order valence-electron chi connectivity index (χ4n) is 7.20. The fraction of sp³-hybridized carbons (Fsp3) is 0.436. The van der Waals surface area contributed by atoms with Crippen LogP contribution in [0.1, 0.15) is 92.5 Å². The Kier molecular flexibility index (Phi) is 12.3. The van der Waals surface area contributed by atoms with Crippen molar-refractivity contribution >= 4 is 45.3 Å². The molecule has 0 radical (unpaired) electrons. The molecule has 0 bridgehead atoms. The summed E-state index contributed by atoms with van der Waals surface area (Å²) in [5, 5.41) is 10.6. The summed E-state index contributed by atoms with van der Waals surface area (Å²) >= 11 is 0. The summed E-state index contributed by atoms with van der Waals surface area (Å²) in [6.45, 7) is 1.71. The first-order valence-corrected chi connectivity index (χ1v) is 18.4. The van der Waals surface area contributed by atoms with Gasteiger partial charge in [-0.2, -0.15) is 5.10 Å². The van der Waals surface area contributed by atoms with E-state index in [2.05, 4.69) is 20.7 Å². The number of amides is 3. The molecule has 3 aliphatic rings. The first-order valence-electron chi connectivity index (χ1n) is 18.4. The lowest BCUT2D eigenvalue weighted by molar-refractivity contribution is -0.135. The van der Waals surface area contributed by atoms with Gasteiger partial charge in [0.25, 0.3) is 12.3 Å². The average molecular weight is 747 g/mol. The van der Waals surface area contributed by atoms with Crippen LogP contribution >= 0.6 is 0 Å². The molecule has 2 aromatic carbocycles. The summed E-state index contributed by atoms with van der Waals surface area (Å²) in [5.74, 6) is -1.21. The van der Waals surface area contributed by atoms with E-state index in [1.807, 2.05) is 53.2 Å². The Morgan fingerprint density at radius 1 is 0.907 bits per heavy atom. The largest absolute Gasteiger partial charge is 0.329 e. The molecule has 0 spiro atoms. The predicted octanol–water partition coefficient (Wildman–Crippen LogP) is 6.49. The van der Waals surface area contributed by atoms with Crippen molar-refractivity contribution in [3.05, 3.63) is 88.7 Å². The van der Waals surface area contributed by atoms with Gasteiger partial charge < -0.3 is 10.2 Å². The third-order valence-electron chi connectivity index (χ3n) is 10.0. The summed E-state index contributed by atoms with van der Waals surface area (Å²) < 4.78 is 42.9. The molecule has 286 valence electrons. The highest BCUT2D eigenvalue weighted by molar-refractivity contribution is 6.04. The summed E-state index contributed by atoms with van der Waals surface area (Å²) in [5.41, 5.74) is 2.26. The number of imide groups is 1. The third kappa shape index (κ3) is 9.07. The number of piperidine rings is 2. The second-order valence-electron chi connectivity index (χ2n) is 14.0. The number of carbonyl (C=O) groups is 3. The number of nitrogens with zero attached hydrogens (tertiary/aromatic N) is 6. The normalized spacial score (nSPS) is 19.5. The number of anilines is 1. The van der Waals surface area contributed by atoms with Crippen molar-refractivity contribution in [3.8, 4) is 0 Å². The van der Waals surface area contributed by atoms with Gasteiger partial charge in [0.15, 0.2) is 0 Å². The number of hydrogen-bond donors (Lipinski definition) is 2. The van der Waals surface area contributed by atoms with E-state index in [-0.39, 0.29) is 23.7 Å². The van der Waals surface area contributed by atoms with Gasteiger partial charge in [-0.25, -0.2) is 22.9 Å². The van der Waals surface area contributed by atoms with Gasteiger partial charge in [0.1, 0.15) is 23.6 Å². The van der Waals surface area contributed by atoms with Crippen LogP contribution in [0.2, 0.25) is 0 Å². The number of aromatic nitrogens is 5. The molecule has 2 atom stereocenters. The van der Waals surface area contributed by atoms with Gasteiger partial charge >= 0.3 is 5.69 Å². The van der Waals surface area contributed by atoms with Gasteiger partial charge in [-0.15, -0.1) is 0 Å². The van der Waals surface area contributed by atoms with Gasteiger partial charge in [0.05, 0.1) is 22.6 Å². The molecule has 54 heavy (non-hydrogen) atoms. The number of halogens is 3. The Labute approximate surface area is 310 Å². The van der Waals surface area contributed by atoms with Gasteiger partial charge in [-0.05, 0) is 88.2 Å². The highest BCUT2D eigenvalue weighted by Gasteiger charge is 2.31. The molecular weight excluding hydrogens is 701 g/mol. The molecule has 15 heteroatoms. The van der Waals surface area contributed by atoms with Crippen LogP contribution in [-0.2, 0) is 16.6 Å². The van der Waals surface area contributed by atoms with Crippen LogP contribution in [0.25, 0.3) is 21.9 Å². The molecule has 2 unspecified atom stereocenters. The van der Waals surface area contributed by atoms with E-state index in [0.717, 1.165) is 48.6 Å². The number of benzene rings is 2. The number of fused-ring (bicyclic) bond motifs is 2. The lowest BCUT2D eigenvalue weighted by atomic mass is 9.96. The molecule has 1 aliphatic carbocycles.